The minimum Gasteiger partial charge on any atom is -0.438 e. The van der Waals surface area contributed by atoms with Crippen LogP contribution in [0, 0.1) is 6.92 Å². The fourth-order valence-electron chi connectivity index (χ4n) is 1.36. The van der Waals surface area contributed by atoms with E-state index in [1.165, 1.54) is 6.39 Å². The molecule has 1 N–H and O–H groups in total. The van der Waals surface area contributed by atoms with Gasteiger partial charge in [0.25, 0.3) is 5.91 Å². The Hall–Kier alpha value is -0.840. The Morgan fingerprint density at radius 3 is 2.80 bits per heavy atom. The van der Waals surface area contributed by atoms with Crippen LogP contribution in [-0.4, -0.2) is 21.8 Å². The Bertz CT molecular complexity index is 336. The third kappa shape index (κ3) is 3.66. The van der Waals surface area contributed by atoms with E-state index in [4.69, 9.17) is 4.42 Å². The molecule has 0 bridgehead atoms. The van der Waals surface area contributed by atoms with Gasteiger partial charge in [0.15, 0.2) is 6.39 Å². The largest absolute Gasteiger partial charge is 0.438 e. The Kier molecular flexibility index (Phi) is 4.32. The second kappa shape index (κ2) is 5.30. The Balaban J connectivity index is 2.53. The summed E-state index contributed by atoms with van der Waals surface area (Å²) in [7, 11) is 0. The molecule has 2 unspecified atom stereocenters. The fraction of sp³-hybridized carbons (Fsp3) is 0.600. The summed E-state index contributed by atoms with van der Waals surface area (Å²) in [5.41, 5.74) is 0.617. The molecule has 0 fully saturated rings. The first kappa shape index (κ1) is 12.2. The molecule has 5 heteroatoms. The lowest BCUT2D eigenvalue weighted by Gasteiger charge is -2.14. The van der Waals surface area contributed by atoms with E-state index in [9.17, 15) is 4.79 Å². The van der Waals surface area contributed by atoms with Gasteiger partial charge in [-0.2, -0.15) is 0 Å². The van der Waals surface area contributed by atoms with Crippen LogP contribution in [-0.2, 0) is 0 Å². The van der Waals surface area contributed by atoms with Gasteiger partial charge in [-0.3, -0.25) is 4.79 Å². The van der Waals surface area contributed by atoms with Crippen LogP contribution in [0.15, 0.2) is 10.8 Å². The number of alkyl halides is 1. The van der Waals surface area contributed by atoms with E-state index in [0.717, 1.165) is 6.42 Å². The number of hydrogen-bond donors (Lipinski definition) is 1. The predicted octanol–water partition coefficient (Wildman–Crippen LogP) is 2.27. The van der Waals surface area contributed by atoms with Gasteiger partial charge < -0.3 is 9.73 Å². The molecule has 1 aromatic rings. The average Bonchev–Trinajstić information content (AvgIpc) is 2.49. The molecular formula is C10H15BrN2O2. The maximum Gasteiger partial charge on any atom is 0.289 e. The van der Waals surface area contributed by atoms with Crippen molar-refractivity contribution in [2.75, 3.05) is 0 Å². The van der Waals surface area contributed by atoms with Crippen molar-refractivity contribution >= 4 is 21.8 Å². The smallest absolute Gasteiger partial charge is 0.289 e. The first-order chi connectivity index (χ1) is 7.00. The van der Waals surface area contributed by atoms with Crippen molar-refractivity contribution in [2.24, 2.45) is 0 Å². The zero-order valence-electron chi connectivity index (χ0n) is 9.08. The zero-order chi connectivity index (χ0) is 11.4. The van der Waals surface area contributed by atoms with Crippen LogP contribution in [0.4, 0.5) is 0 Å². The van der Waals surface area contributed by atoms with Gasteiger partial charge in [0, 0.05) is 10.9 Å². The molecule has 4 nitrogen and oxygen atoms in total. The maximum absolute atomic E-state index is 11.7. The normalized spacial score (nSPS) is 14.7. The minimum atomic E-state index is -0.203. The van der Waals surface area contributed by atoms with Crippen molar-refractivity contribution in [3.05, 3.63) is 17.8 Å². The van der Waals surface area contributed by atoms with E-state index >= 15 is 0 Å². The summed E-state index contributed by atoms with van der Waals surface area (Å²) in [6.45, 7) is 5.75. The molecular weight excluding hydrogens is 260 g/mol. The average molecular weight is 275 g/mol. The highest BCUT2D eigenvalue weighted by Crippen LogP contribution is 2.09. The number of carbonyl (C=O) groups is 1. The van der Waals surface area contributed by atoms with Gasteiger partial charge in [-0.1, -0.05) is 22.9 Å². The molecule has 0 aromatic carbocycles. The van der Waals surface area contributed by atoms with E-state index < -0.39 is 0 Å². The zero-order valence-corrected chi connectivity index (χ0v) is 10.7. The van der Waals surface area contributed by atoms with E-state index in [0.29, 0.717) is 16.3 Å². The van der Waals surface area contributed by atoms with Crippen LogP contribution in [0.25, 0.3) is 0 Å². The minimum absolute atomic E-state index is 0.108. The lowest BCUT2D eigenvalue weighted by molar-refractivity contribution is 0.0910. The SMILES string of the molecule is Cc1ncoc1C(=O)NC(C)CC(C)Br. The molecule has 15 heavy (non-hydrogen) atoms. The van der Waals surface area contributed by atoms with Crippen molar-refractivity contribution in [3.8, 4) is 0 Å². The number of nitrogens with one attached hydrogen (secondary N) is 1. The topological polar surface area (TPSA) is 55.1 Å². The van der Waals surface area contributed by atoms with Crippen LogP contribution >= 0.6 is 15.9 Å². The third-order valence-corrected chi connectivity index (χ3v) is 2.38. The van der Waals surface area contributed by atoms with Gasteiger partial charge in [-0.25, -0.2) is 4.98 Å². The summed E-state index contributed by atoms with van der Waals surface area (Å²) >= 11 is 3.44. The molecule has 0 saturated carbocycles. The maximum atomic E-state index is 11.7. The Morgan fingerprint density at radius 1 is 1.67 bits per heavy atom. The molecule has 1 heterocycles. The standard InChI is InChI=1S/C10H15BrN2O2/c1-6(11)4-7(2)13-10(14)9-8(3)12-5-15-9/h5-7H,4H2,1-3H3,(H,13,14). The molecule has 0 spiro atoms. The van der Waals surface area contributed by atoms with E-state index in [-0.39, 0.29) is 11.9 Å². The number of nitrogens with zero attached hydrogens (tertiary/aromatic N) is 1. The molecule has 0 aliphatic carbocycles. The monoisotopic (exact) mass is 274 g/mol. The molecule has 0 saturated heterocycles. The quantitative estimate of drug-likeness (QED) is 0.858. The predicted molar refractivity (Wildman–Crippen MR) is 61.2 cm³/mol. The van der Waals surface area contributed by atoms with Crippen LogP contribution in [0.1, 0.15) is 36.5 Å². The van der Waals surface area contributed by atoms with E-state index in [1.54, 1.807) is 6.92 Å². The van der Waals surface area contributed by atoms with Crippen LogP contribution in [0.3, 0.4) is 0 Å². The molecule has 0 aliphatic rings. The first-order valence-corrected chi connectivity index (χ1v) is 5.77. The molecule has 1 aromatic heterocycles. The van der Waals surface area contributed by atoms with Gasteiger partial charge in [0.1, 0.15) is 0 Å². The molecule has 0 radical (unpaired) electrons. The summed E-state index contributed by atoms with van der Waals surface area (Å²) in [6.07, 6.45) is 2.15. The molecule has 0 aliphatic heterocycles. The Morgan fingerprint density at radius 2 is 2.33 bits per heavy atom. The van der Waals surface area contributed by atoms with Crippen LogP contribution in [0.2, 0.25) is 0 Å². The van der Waals surface area contributed by atoms with Gasteiger partial charge in [-0.05, 0) is 20.3 Å². The Labute approximate surface area is 97.6 Å². The van der Waals surface area contributed by atoms with Gasteiger partial charge in [-0.15, -0.1) is 0 Å². The summed E-state index contributed by atoms with van der Waals surface area (Å²) in [5.74, 6) is 0.0923. The number of amides is 1. The number of rotatable bonds is 4. The fourth-order valence-corrected chi connectivity index (χ4v) is 1.92. The number of aryl methyl sites for hydroxylation is 1. The van der Waals surface area contributed by atoms with Crippen molar-refractivity contribution in [1.29, 1.82) is 0 Å². The molecule has 1 amide bonds. The van der Waals surface area contributed by atoms with Crippen molar-refractivity contribution < 1.29 is 9.21 Å². The lowest BCUT2D eigenvalue weighted by atomic mass is 10.2. The molecule has 1 rings (SSSR count). The summed E-state index contributed by atoms with van der Waals surface area (Å²) in [5, 5.41) is 2.85. The highest BCUT2D eigenvalue weighted by Gasteiger charge is 2.16. The third-order valence-electron chi connectivity index (χ3n) is 2.01. The van der Waals surface area contributed by atoms with Gasteiger partial charge >= 0.3 is 0 Å². The number of oxazole rings is 1. The number of halogens is 1. The summed E-state index contributed by atoms with van der Waals surface area (Å²) in [4.78, 5) is 15.9. The summed E-state index contributed by atoms with van der Waals surface area (Å²) < 4.78 is 5.00. The molecule has 84 valence electrons. The number of carbonyl (C=O) groups excluding carboxylic acids is 1. The van der Waals surface area contributed by atoms with Crippen LogP contribution in [0.5, 0.6) is 0 Å². The van der Waals surface area contributed by atoms with Crippen LogP contribution < -0.4 is 5.32 Å². The second-order valence-corrected chi connectivity index (χ2v) is 5.22. The number of aromatic nitrogens is 1. The van der Waals surface area contributed by atoms with E-state index in [2.05, 4.69) is 26.2 Å². The van der Waals surface area contributed by atoms with E-state index in [1.807, 2.05) is 13.8 Å². The molecule has 2 atom stereocenters. The second-order valence-electron chi connectivity index (χ2n) is 3.66. The van der Waals surface area contributed by atoms with Crippen molar-refractivity contribution in [3.63, 3.8) is 0 Å². The first-order valence-electron chi connectivity index (χ1n) is 4.85. The van der Waals surface area contributed by atoms with Gasteiger partial charge in [0.2, 0.25) is 5.76 Å². The van der Waals surface area contributed by atoms with Crippen molar-refractivity contribution in [1.82, 2.24) is 10.3 Å². The summed E-state index contributed by atoms with van der Waals surface area (Å²) in [6, 6.07) is 0.108. The highest BCUT2D eigenvalue weighted by molar-refractivity contribution is 9.09. The van der Waals surface area contributed by atoms with Gasteiger partial charge in [0.05, 0.1) is 5.69 Å². The lowest BCUT2D eigenvalue weighted by Crippen LogP contribution is -2.34. The van der Waals surface area contributed by atoms with Crippen molar-refractivity contribution in [2.45, 2.75) is 38.1 Å². The number of hydrogen-bond acceptors (Lipinski definition) is 3. The highest BCUT2D eigenvalue weighted by atomic mass is 79.9.